The Morgan fingerprint density at radius 1 is 1.19 bits per heavy atom. The lowest BCUT2D eigenvalue weighted by molar-refractivity contribution is -0.129. The van der Waals surface area contributed by atoms with E-state index in [2.05, 4.69) is 16.8 Å². The van der Waals surface area contributed by atoms with Gasteiger partial charge in [-0.05, 0) is 30.9 Å². The number of carbonyl (C=O) groups is 2. The highest BCUT2D eigenvalue weighted by atomic mass is 19.1. The van der Waals surface area contributed by atoms with Crippen LogP contribution in [0.2, 0.25) is 0 Å². The highest BCUT2D eigenvalue weighted by molar-refractivity contribution is 5.94. The molecule has 1 atom stereocenters. The lowest BCUT2D eigenvalue weighted by Gasteiger charge is -2.40. The summed E-state index contributed by atoms with van der Waals surface area (Å²) in [6.45, 7) is 6.40. The summed E-state index contributed by atoms with van der Waals surface area (Å²) >= 11 is 0. The van der Waals surface area contributed by atoms with Gasteiger partial charge in [-0.3, -0.25) is 14.5 Å². The average molecular weight is 373 g/mol. The maximum absolute atomic E-state index is 13.9. The van der Waals surface area contributed by atoms with E-state index in [-0.39, 0.29) is 23.4 Å². The third-order valence-electron chi connectivity index (χ3n) is 5.63. The molecule has 3 rings (SSSR count). The van der Waals surface area contributed by atoms with E-state index in [4.69, 9.17) is 0 Å². The van der Waals surface area contributed by atoms with Gasteiger partial charge in [-0.1, -0.05) is 31.1 Å². The first kappa shape index (κ1) is 19.5. The molecule has 0 bridgehead atoms. The lowest BCUT2D eigenvalue weighted by Crippen LogP contribution is -2.58. The standard InChI is InChI=1S/C21H28FN3O2/c1-2-11-23-20(26)19(16-7-3-4-8-16)24-12-14-25(15-13-24)21(27)17-9-5-6-10-18(17)22/h2,5-6,9-10,16,19H,1,3-4,7-8,11-15H2,(H,23,26)/t19-/m1/s1. The van der Waals surface area contributed by atoms with Crippen molar-refractivity contribution in [1.29, 1.82) is 0 Å². The molecule has 2 aliphatic rings. The van der Waals surface area contributed by atoms with E-state index in [0.29, 0.717) is 38.6 Å². The summed E-state index contributed by atoms with van der Waals surface area (Å²) in [5, 5.41) is 2.95. The number of amides is 2. The minimum atomic E-state index is -0.488. The third kappa shape index (κ3) is 4.56. The number of halogens is 1. The van der Waals surface area contributed by atoms with Gasteiger partial charge in [0.1, 0.15) is 5.82 Å². The monoisotopic (exact) mass is 373 g/mol. The zero-order chi connectivity index (χ0) is 19.2. The molecule has 1 aromatic rings. The molecule has 1 N–H and O–H groups in total. The van der Waals surface area contributed by atoms with Gasteiger partial charge < -0.3 is 10.2 Å². The van der Waals surface area contributed by atoms with Crippen molar-refractivity contribution >= 4 is 11.8 Å². The molecule has 1 aliphatic heterocycles. The molecule has 1 aromatic carbocycles. The van der Waals surface area contributed by atoms with E-state index in [0.717, 1.165) is 12.8 Å². The van der Waals surface area contributed by atoms with E-state index in [1.54, 1.807) is 23.1 Å². The van der Waals surface area contributed by atoms with Crippen LogP contribution in [0.1, 0.15) is 36.0 Å². The Kier molecular flexibility index (Phi) is 6.61. The van der Waals surface area contributed by atoms with Crippen LogP contribution in [-0.2, 0) is 4.79 Å². The molecule has 1 saturated carbocycles. The molecule has 0 unspecified atom stereocenters. The number of hydrogen-bond donors (Lipinski definition) is 1. The van der Waals surface area contributed by atoms with Crippen molar-refractivity contribution in [1.82, 2.24) is 15.1 Å². The predicted molar refractivity (Wildman–Crippen MR) is 103 cm³/mol. The van der Waals surface area contributed by atoms with Gasteiger partial charge in [-0.15, -0.1) is 6.58 Å². The van der Waals surface area contributed by atoms with Gasteiger partial charge in [0.15, 0.2) is 0 Å². The quantitative estimate of drug-likeness (QED) is 0.780. The van der Waals surface area contributed by atoms with Crippen LogP contribution < -0.4 is 5.32 Å². The predicted octanol–water partition coefficient (Wildman–Crippen LogP) is 2.44. The summed E-state index contributed by atoms with van der Waals surface area (Å²) < 4.78 is 13.9. The Bertz CT molecular complexity index is 680. The molecule has 1 saturated heterocycles. The number of carbonyl (C=O) groups excluding carboxylic acids is 2. The number of benzene rings is 1. The molecule has 2 fully saturated rings. The smallest absolute Gasteiger partial charge is 0.256 e. The van der Waals surface area contributed by atoms with Crippen LogP contribution in [0.3, 0.4) is 0 Å². The van der Waals surface area contributed by atoms with Crippen LogP contribution in [0.4, 0.5) is 4.39 Å². The van der Waals surface area contributed by atoms with Crippen molar-refractivity contribution in [2.75, 3.05) is 32.7 Å². The van der Waals surface area contributed by atoms with E-state index in [1.165, 1.54) is 25.0 Å². The zero-order valence-corrected chi connectivity index (χ0v) is 15.7. The Labute approximate surface area is 160 Å². The van der Waals surface area contributed by atoms with Gasteiger partial charge in [0.25, 0.3) is 5.91 Å². The molecule has 0 aromatic heterocycles. The first-order valence-electron chi connectivity index (χ1n) is 9.78. The molecule has 2 amide bonds. The highest BCUT2D eigenvalue weighted by Gasteiger charge is 2.37. The Balaban J connectivity index is 1.64. The van der Waals surface area contributed by atoms with Crippen LogP contribution in [0, 0.1) is 11.7 Å². The SMILES string of the molecule is C=CCNC(=O)[C@@H](C1CCCC1)N1CCN(C(=O)c2ccccc2F)CC1. The zero-order valence-electron chi connectivity index (χ0n) is 15.7. The maximum Gasteiger partial charge on any atom is 0.256 e. The second-order valence-corrected chi connectivity index (χ2v) is 7.33. The van der Waals surface area contributed by atoms with Crippen LogP contribution in [0.25, 0.3) is 0 Å². The fraction of sp³-hybridized carbons (Fsp3) is 0.524. The minimum Gasteiger partial charge on any atom is -0.351 e. The minimum absolute atomic E-state index is 0.0516. The van der Waals surface area contributed by atoms with Crippen molar-refractivity contribution in [3.63, 3.8) is 0 Å². The molecular weight excluding hydrogens is 345 g/mol. The van der Waals surface area contributed by atoms with E-state index >= 15 is 0 Å². The fourth-order valence-corrected chi connectivity index (χ4v) is 4.24. The van der Waals surface area contributed by atoms with Gasteiger partial charge >= 0.3 is 0 Å². The summed E-state index contributed by atoms with van der Waals surface area (Å²) in [6, 6.07) is 5.93. The number of piperazine rings is 1. The molecular formula is C21H28FN3O2. The summed E-state index contributed by atoms with van der Waals surface area (Å²) in [7, 11) is 0. The van der Waals surface area contributed by atoms with Crippen LogP contribution in [0.15, 0.2) is 36.9 Å². The van der Waals surface area contributed by atoms with Gasteiger partial charge in [0.05, 0.1) is 11.6 Å². The molecule has 6 heteroatoms. The summed E-state index contributed by atoms with van der Waals surface area (Å²) in [4.78, 5) is 29.2. The first-order valence-corrected chi connectivity index (χ1v) is 9.78. The first-order chi connectivity index (χ1) is 13.1. The van der Waals surface area contributed by atoms with Gasteiger partial charge in [0.2, 0.25) is 5.91 Å². The van der Waals surface area contributed by atoms with E-state index in [9.17, 15) is 14.0 Å². The largest absolute Gasteiger partial charge is 0.351 e. The van der Waals surface area contributed by atoms with Crippen LogP contribution in [-0.4, -0.2) is 60.4 Å². The Morgan fingerprint density at radius 3 is 2.48 bits per heavy atom. The lowest BCUT2D eigenvalue weighted by atomic mass is 9.95. The Hall–Kier alpha value is -2.21. The van der Waals surface area contributed by atoms with Crippen LogP contribution >= 0.6 is 0 Å². The molecule has 1 aliphatic carbocycles. The highest BCUT2D eigenvalue weighted by Crippen LogP contribution is 2.31. The maximum atomic E-state index is 13.9. The molecule has 0 spiro atoms. The molecule has 27 heavy (non-hydrogen) atoms. The number of rotatable bonds is 6. The topological polar surface area (TPSA) is 52.7 Å². The number of hydrogen-bond acceptors (Lipinski definition) is 3. The van der Waals surface area contributed by atoms with Crippen molar-refractivity contribution in [3.05, 3.63) is 48.3 Å². The van der Waals surface area contributed by atoms with Gasteiger partial charge in [-0.25, -0.2) is 4.39 Å². The normalized spacial score (nSPS) is 19.7. The van der Waals surface area contributed by atoms with Gasteiger partial charge in [-0.2, -0.15) is 0 Å². The summed E-state index contributed by atoms with van der Waals surface area (Å²) in [5.41, 5.74) is 0.113. The molecule has 146 valence electrons. The van der Waals surface area contributed by atoms with Crippen LogP contribution in [0.5, 0.6) is 0 Å². The van der Waals surface area contributed by atoms with Crippen molar-refractivity contribution in [2.45, 2.75) is 31.7 Å². The van der Waals surface area contributed by atoms with E-state index < -0.39 is 5.82 Å². The third-order valence-corrected chi connectivity index (χ3v) is 5.63. The molecule has 1 heterocycles. The number of nitrogens with zero attached hydrogens (tertiary/aromatic N) is 2. The van der Waals surface area contributed by atoms with Crippen molar-refractivity contribution in [2.24, 2.45) is 5.92 Å². The fourth-order valence-electron chi connectivity index (χ4n) is 4.24. The average Bonchev–Trinajstić information content (AvgIpc) is 3.21. The van der Waals surface area contributed by atoms with Crippen molar-refractivity contribution < 1.29 is 14.0 Å². The van der Waals surface area contributed by atoms with Crippen molar-refractivity contribution in [3.8, 4) is 0 Å². The Morgan fingerprint density at radius 2 is 1.85 bits per heavy atom. The molecule has 0 radical (unpaired) electrons. The summed E-state index contributed by atoms with van der Waals surface area (Å²) in [6.07, 6.45) is 6.17. The van der Waals surface area contributed by atoms with E-state index in [1.807, 2.05) is 0 Å². The summed E-state index contributed by atoms with van der Waals surface area (Å²) in [5.74, 6) is -0.349. The van der Waals surface area contributed by atoms with Gasteiger partial charge in [0, 0.05) is 32.7 Å². The second kappa shape index (κ2) is 9.13. The molecule has 5 nitrogen and oxygen atoms in total. The number of nitrogens with one attached hydrogen (secondary N) is 1. The second-order valence-electron chi connectivity index (χ2n) is 7.33.